The minimum atomic E-state index is 0.543. The number of aryl methyl sites for hydroxylation is 1. The first-order valence-corrected chi connectivity index (χ1v) is 8.19. The van der Waals surface area contributed by atoms with Crippen LogP contribution in [-0.2, 0) is 0 Å². The molecule has 1 heterocycles. The van der Waals surface area contributed by atoms with Gasteiger partial charge in [-0.05, 0) is 39.7 Å². The Morgan fingerprint density at radius 1 is 1.29 bits per heavy atom. The second-order valence-electron chi connectivity index (χ2n) is 5.71. The van der Waals surface area contributed by atoms with Crippen molar-refractivity contribution < 1.29 is 4.74 Å². The summed E-state index contributed by atoms with van der Waals surface area (Å²) in [6, 6.07) is 2.44. The van der Waals surface area contributed by atoms with Crippen molar-refractivity contribution in [1.82, 2.24) is 9.97 Å². The van der Waals surface area contributed by atoms with Crippen LogP contribution in [0.1, 0.15) is 51.1 Å². The molecule has 1 aromatic rings. The summed E-state index contributed by atoms with van der Waals surface area (Å²) in [5, 5.41) is 0. The summed E-state index contributed by atoms with van der Waals surface area (Å²) in [6.45, 7) is 6.23. The molecule has 1 aliphatic carbocycles. The van der Waals surface area contributed by atoms with Gasteiger partial charge in [0.05, 0.1) is 6.61 Å². The molecule has 21 heavy (non-hydrogen) atoms. The third-order valence-corrected chi connectivity index (χ3v) is 3.99. The maximum atomic E-state index is 5.70. The topological polar surface area (TPSA) is 64.3 Å². The third-order valence-electron chi connectivity index (χ3n) is 3.99. The van der Waals surface area contributed by atoms with E-state index < -0.39 is 0 Å². The highest BCUT2D eigenvalue weighted by Gasteiger charge is 2.23. The Labute approximate surface area is 127 Å². The van der Waals surface area contributed by atoms with Crippen molar-refractivity contribution in [2.75, 3.05) is 24.6 Å². The summed E-state index contributed by atoms with van der Waals surface area (Å²) < 4.78 is 5.57. The van der Waals surface area contributed by atoms with Crippen molar-refractivity contribution in [2.24, 2.45) is 5.73 Å². The first kappa shape index (κ1) is 16.0. The Balaban J connectivity index is 2.21. The minimum absolute atomic E-state index is 0.543. The number of ether oxygens (including phenoxy) is 1. The number of aromatic nitrogens is 2. The molecule has 5 nitrogen and oxygen atoms in total. The van der Waals surface area contributed by atoms with Crippen molar-refractivity contribution in [1.29, 1.82) is 0 Å². The van der Waals surface area contributed by atoms with Gasteiger partial charge in [0.25, 0.3) is 0 Å². The quantitative estimate of drug-likeness (QED) is 0.837. The lowest BCUT2D eigenvalue weighted by Gasteiger charge is -2.34. The molecule has 1 aromatic heterocycles. The highest BCUT2D eigenvalue weighted by atomic mass is 16.5. The number of nitrogens with two attached hydrogens (primary N) is 1. The van der Waals surface area contributed by atoms with E-state index in [1.54, 1.807) is 0 Å². The molecule has 0 aliphatic heterocycles. The SMILES string of the molecule is CCOc1cc(C)nc(N(CCCN)C2CCCCC2)n1. The summed E-state index contributed by atoms with van der Waals surface area (Å²) in [6.07, 6.45) is 7.37. The van der Waals surface area contributed by atoms with Crippen LogP contribution >= 0.6 is 0 Å². The summed E-state index contributed by atoms with van der Waals surface area (Å²) in [4.78, 5) is 11.6. The van der Waals surface area contributed by atoms with Gasteiger partial charge in [-0.2, -0.15) is 4.98 Å². The van der Waals surface area contributed by atoms with Gasteiger partial charge in [-0.15, -0.1) is 0 Å². The molecule has 1 fully saturated rings. The first-order valence-electron chi connectivity index (χ1n) is 8.19. The second kappa shape index (κ2) is 8.17. The summed E-state index contributed by atoms with van der Waals surface area (Å²) >= 11 is 0. The maximum Gasteiger partial charge on any atom is 0.229 e. The van der Waals surface area contributed by atoms with Crippen LogP contribution in [0.25, 0.3) is 0 Å². The van der Waals surface area contributed by atoms with Gasteiger partial charge >= 0.3 is 0 Å². The highest BCUT2D eigenvalue weighted by molar-refractivity contribution is 5.36. The molecule has 1 aliphatic rings. The van der Waals surface area contributed by atoms with Crippen molar-refractivity contribution in [3.63, 3.8) is 0 Å². The Hall–Kier alpha value is -1.36. The van der Waals surface area contributed by atoms with Gasteiger partial charge in [0, 0.05) is 24.3 Å². The van der Waals surface area contributed by atoms with Gasteiger partial charge < -0.3 is 15.4 Å². The van der Waals surface area contributed by atoms with E-state index in [2.05, 4.69) is 14.9 Å². The second-order valence-corrected chi connectivity index (χ2v) is 5.71. The maximum absolute atomic E-state index is 5.70. The lowest BCUT2D eigenvalue weighted by Crippen LogP contribution is -2.39. The number of hydrogen-bond donors (Lipinski definition) is 1. The van der Waals surface area contributed by atoms with E-state index in [4.69, 9.17) is 10.5 Å². The van der Waals surface area contributed by atoms with Gasteiger partial charge in [-0.25, -0.2) is 4.98 Å². The van der Waals surface area contributed by atoms with Crippen LogP contribution in [0.15, 0.2) is 6.07 Å². The molecule has 0 bridgehead atoms. The van der Waals surface area contributed by atoms with E-state index in [1.165, 1.54) is 32.1 Å². The Kier molecular flexibility index (Phi) is 6.23. The van der Waals surface area contributed by atoms with Crippen LogP contribution in [-0.4, -0.2) is 35.7 Å². The highest BCUT2D eigenvalue weighted by Crippen LogP contribution is 2.26. The van der Waals surface area contributed by atoms with Crippen molar-refractivity contribution in [3.05, 3.63) is 11.8 Å². The molecular weight excluding hydrogens is 264 g/mol. The molecule has 2 rings (SSSR count). The summed E-state index contributed by atoms with van der Waals surface area (Å²) in [7, 11) is 0. The van der Waals surface area contributed by atoms with E-state index in [0.29, 0.717) is 25.1 Å². The van der Waals surface area contributed by atoms with E-state index in [1.807, 2.05) is 19.9 Å². The minimum Gasteiger partial charge on any atom is -0.478 e. The average molecular weight is 292 g/mol. The van der Waals surface area contributed by atoms with Gasteiger partial charge in [-0.1, -0.05) is 19.3 Å². The standard InChI is InChI=1S/C16H28N4O/c1-3-21-15-12-13(2)18-16(19-15)20(11-7-10-17)14-8-5-4-6-9-14/h12,14H,3-11,17H2,1-2H3. The van der Waals surface area contributed by atoms with Crippen LogP contribution in [0.3, 0.4) is 0 Å². The number of anilines is 1. The van der Waals surface area contributed by atoms with Crippen LogP contribution < -0.4 is 15.4 Å². The zero-order valence-corrected chi connectivity index (χ0v) is 13.3. The summed E-state index contributed by atoms with van der Waals surface area (Å²) in [5.74, 6) is 1.48. The predicted molar refractivity (Wildman–Crippen MR) is 85.8 cm³/mol. The van der Waals surface area contributed by atoms with Crippen LogP contribution in [0, 0.1) is 6.92 Å². The molecule has 5 heteroatoms. The third kappa shape index (κ3) is 4.56. The molecule has 0 atom stereocenters. The van der Waals surface area contributed by atoms with Crippen molar-refractivity contribution in [2.45, 2.75) is 58.4 Å². The van der Waals surface area contributed by atoms with Crippen LogP contribution in [0.2, 0.25) is 0 Å². The molecule has 118 valence electrons. The largest absolute Gasteiger partial charge is 0.478 e. The van der Waals surface area contributed by atoms with E-state index in [-0.39, 0.29) is 0 Å². The zero-order valence-electron chi connectivity index (χ0n) is 13.3. The monoisotopic (exact) mass is 292 g/mol. The molecule has 0 amide bonds. The molecule has 0 saturated heterocycles. The van der Waals surface area contributed by atoms with E-state index in [9.17, 15) is 0 Å². The number of rotatable bonds is 7. The zero-order chi connectivity index (χ0) is 15.1. The Morgan fingerprint density at radius 2 is 2.05 bits per heavy atom. The average Bonchev–Trinajstić information content (AvgIpc) is 2.48. The Morgan fingerprint density at radius 3 is 2.71 bits per heavy atom. The molecule has 2 N–H and O–H groups in total. The van der Waals surface area contributed by atoms with Gasteiger partial charge in [0.2, 0.25) is 11.8 Å². The molecule has 0 unspecified atom stereocenters. The van der Waals surface area contributed by atoms with Crippen molar-refractivity contribution >= 4 is 5.95 Å². The predicted octanol–water partition coefficient (Wildman–Crippen LogP) is 2.67. The van der Waals surface area contributed by atoms with E-state index in [0.717, 1.165) is 24.6 Å². The fourth-order valence-electron chi connectivity index (χ4n) is 2.98. The molecule has 0 spiro atoms. The normalized spacial score (nSPS) is 16.0. The molecule has 0 radical (unpaired) electrons. The van der Waals surface area contributed by atoms with Gasteiger partial charge in [0.1, 0.15) is 0 Å². The fourth-order valence-corrected chi connectivity index (χ4v) is 2.98. The van der Waals surface area contributed by atoms with Gasteiger partial charge in [0.15, 0.2) is 0 Å². The first-order chi connectivity index (χ1) is 10.2. The van der Waals surface area contributed by atoms with E-state index >= 15 is 0 Å². The fraction of sp³-hybridized carbons (Fsp3) is 0.750. The number of nitrogens with zero attached hydrogens (tertiary/aromatic N) is 3. The molecule has 1 saturated carbocycles. The number of hydrogen-bond acceptors (Lipinski definition) is 5. The van der Waals surface area contributed by atoms with Crippen LogP contribution in [0.5, 0.6) is 5.88 Å². The van der Waals surface area contributed by atoms with Gasteiger partial charge in [-0.3, -0.25) is 0 Å². The molecular formula is C16H28N4O. The van der Waals surface area contributed by atoms with Crippen molar-refractivity contribution in [3.8, 4) is 5.88 Å². The smallest absolute Gasteiger partial charge is 0.229 e. The lowest BCUT2D eigenvalue weighted by molar-refractivity contribution is 0.324. The molecule has 0 aromatic carbocycles. The lowest BCUT2D eigenvalue weighted by atomic mass is 9.94. The Bertz CT molecular complexity index is 432. The van der Waals surface area contributed by atoms with Crippen LogP contribution in [0.4, 0.5) is 5.95 Å². The summed E-state index contributed by atoms with van der Waals surface area (Å²) in [5.41, 5.74) is 6.66.